The fourth-order valence-corrected chi connectivity index (χ4v) is 3.00. The van der Waals surface area contributed by atoms with Crippen molar-refractivity contribution in [1.82, 2.24) is 0 Å². The summed E-state index contributed by atoms with van der Waals surface area (Å²) in [6.07, 6.45) is 1.65. The molecule has 1 aliphatic heterocycles. The summed E-state index contributed by atoms with van der Waals surface area (Å²) in [5.74, 6) is 1.57. The number of carbonyl (C=O) groups is 2. The molecule has 0 unspecified atom stereocenters. The van der Waals surface area contributed by atoms with Crippen LogP contribution in [0.5, 0.6) is 17.2 Å². The molecule has 3 aromatic carbocycles. The minimum absolute atomic E-state index is 0.0648. The van der Waals surface area contributed by atoms with Crippen LogP contribution in [0.2, 0.25) is 0 Å². The van der Waals surface area contributed by atoms with E-state index in [1.165, 1.54) is 0 Å². The molecule has 5 heteroatoms. The van der Waals surface area contributed by atoms with Gasteiger partial charge in [0, 0.05) is 11.6 Å². The molecule has 0 bridgehead atoms. The largest absolute Gasteiger partial charge is 0.497 e. The average Bonchev–Trinajstić information content (AvgIpc) is 3.07. The van der Waals surface area contributed by atoms with Crippen LogP contribution >= 0.6 is 0 Å². The Morgan fingerprint density at radius 2 is 1.79 bits per heavy atom. The van der Waals surface area contributed by atoms with Gasteiger partial charge in [0.15, 0.2) is 18.1 Å². The maximum atomic E-state index is 12.5. The van der Waals surface area contributed by atoms with Crippen LogP contribution in [0.25, 0.3) is 6.08 Å². The van der Waals surface area contributed by atoms with E-state index in [9.17, 15) is 9.59 Å². The van der Waals surface area contributed by atoms with E-state index >= 15 is 0 Å². The molecular weight excluding hydrogens is 368 g/mol. The maximum Gasteiger partial charge on any atom is 0.231 e. The van der Waals surface area contributed by atoms with Crippen molar-refractivity contribution in [2.24, 2.45) is 0 Å². The van der Waals surface area contributed by atoms with E-state index in [2.05, 4.69) is 0 Å². The highest BCUT2D eigenvalue weighted by atomic mass is 16.5. The molecule has 0 saturated carbocycles. The van der Waals surface area contributed by atoms with Crippen molar-refractivity contribution in [2.45, 2.75) is 0 Å². The van der Waals surface area contributed by atoms with Crippen molar-refractivity contribution >= 4 is 17.6 Å². The first-order valence-electron chi connectivity index (χ1n) is 9.07. The highest BCUT2D eigenvalue weighted by Crippen LogP contribution is 2.34. The van der Waals surface area contributed by atoms with Crippen molar-refractivity contribution in [3.05, 3.63) is 95.2 Å². The molecule has 0 radical (unpaired) electrons. The van der Waals surface area contributed by atoms with E-state index in [1.807, 2.05) is 24.3 Å². The van der Waals surface area contributed by atoms with E-state index in [1.54, 1.807) is 61.7 Å². The van der Waals surface area contributed by atoms with E-state index in [0.717, 1.165) is 5.56 Å². The minimum atomic E-state index is -0.187. The smallest absolute Gasteiger partial charge is 0.231 e. The van der Waals surface area contributed by atoms with Gasteiger partial charge in [-0.1, -0.05) is 42.5 Å². The normalized spacial score (nSPS) is 13.7. The maximum absolute atomic E-state index is 12.5. The first-order chi connectivity index (χ1) is 14.1. The number of fused-ring (bicyclic) bond motifs is 1. The summed E-state index contributed by atoms with van der Waals surface area (Å²) in [7, 11) is 1.56. The zero-order valence-corrected chi connectivity index (χ0v) is 15.8. The highest BCUT2D eigenvalue weighted by molar-refractivity contribution is 6.14. The van der Waals surface area contributed by atoms with Crippen molar-refractivity contribution in [3.8, 4) is 17.2 Å². The molecule has 29 heavy (non-hydrogen) atoms. The number of carbonyl (C=O) groups excluding carboxylic acids is 2. The first kappa shape index (κ1) is 18.5. The number of Topliss-reactive ketones (excluding diaryl/α,β-unsaturated/α-hetero) is 2. The topological polar surface area (TPSA) is 61.8 Å². The van der Waals surface area contributed by atoms with Gasteiger partial charge in [-0.15, -0.1) is 0 Å². The Hall–Kier alpha value is -3.86. The molecule has 5 nitrogen and oxygen atoms in total. The molecule has 0 saturated heterocycles. The van der Waals surface area contributed by atoms with E-state index in [4.69, 9.17) is 14.2 Å². The van der Waals surface area contributed by atoms with Gasteiger partial charge < -0.3 is 14.2 Å². The second-order valence-corrected chi connectivity index (χ2v) is 6.45. The van der Waals surface area contributed by atoms with Gasteiger partial charge in [0.2, 0.25) is 5.78 Å². The second-order valence-electron chi connectivity index (χ2n) is 6.45. The van der Waals surface area contributed by atoms with Crippen LogP contribution in [-0.4, -0.2) is 25.3 Å². The van der Waals surface area contributed by atoms with E-state index in [0.29, 0.717) is 28.4 Å². The number of methoxy groups -OCH3 is 1. The fraction of sp³-hybridized carbons (Fsp3) is 0.0833. The summed E-state index contributed by atoms with van der Waals surface area (Å²) in [4.78, 5) is 24.7. The molecule has 1 aliphatic rings. The van der Waals surface area contributed by atoms with Gasteiger partial charge in [0.05, 0.1) is 12.7 Å². The van der Waals surface area contributed by atoms with Crippen LogP contribution in [0.3, 0.4) is 0 Å². The van der Waals surface area contributed by atoms with Crippen LogP contribution in [0.4, 0.5) is 0 Å². The van der Waals surface area contributed by atoms with E-state index < -0.39 is 0 Å². The van der Waals surface area contributed by atoms with Crippen LogP contribution in [0, 0.1) is 0 Å². The highest BCUT2D eigenvalue weighted by Gasteiger charge is 2.27. The number of hydrogen-bond acceptors (Lipinski definition) is 5. The molecule has 0 aromatic heterocycles. The lowest BCUT2D eigenvalue weighted by Gasteiger charge is -2.07. The number of hydrogen-bond donors (Lipinski definition) is 0. The lowest BCUT2D eigenvalue weighted by molar-refractivity contribution is 0.0921. The molecular formula is C24H18O5. The Kier molecular flexibility index (Phi) is 5.12. The lowest BCUT2D eigenvalue weighted by Crippen LogP contribution is -2.11. The molecule has 3 aromatic rings. The van der Waals surface area contributed by atoms with Crippen molar-refractivity contribution in [3.63, 3.8) is 0 Å². The summed E-state index contributed by atoms with van der Waals surface area (Å²) in [5.41, 5.74) is 1.83. The number of ether oxygens (including phenoxy) is 3. The SMILES string of the molecule is COc1ccc2c(c1)O/C(=C/c1cccc(OCC(=O)c3ccccc3)c1)C2=O. The molecule has 1 heterocycles. The third-order valence-corrected chi connectivity index (χ3v) is 4.50. The molecule has 0 atom stereocenters. The molecule has 0 amide bonds. The van der Waals surface area contributed by atoms with Crippen molar-refractivity contribution < 1.29 is 23.8 Å². The molecule has 0 spiro atoms. The van der Waals surface area contributed by atoms with Crippen LogP contribution in [-0.2, 0) is 0 Å². The molecule has 4 rings (SSSR count). The van der Waals surface area contributed by atoms with Crippen molar-refractivity contribution in [1.29, 1.82) is 0 Å². The molecule has 0 N–H and O–H groups in total. The second kappa shape index (κ2) is 8.02. The Balaban J connectivity index is 1.48. The summed E-state index contributed by atoms with van der Waals surface area (Å²) in [6.45, 7) is -0.0648. The standard InChI is InChI=1S/C24H18O5/c1-27-18-10-11-20-22(14-18)29-23(24(20)26)13-16-6-5-9-19(12-16)28-15-21(25)17-7-3-2-4-8-17/h2-14H,15H2,1H3/b23-13+. The van der Waals surface area contributed by atoms with Crippen molar-refractivity contribution in [2.75, 3.05) is 13.7 Å². The van der Waals surface area contributed by atoms with Crippen LogP contribution in [0.1, 0.15) is 26.3 Å². The zero-order chi connectivity index (χ0) is 20.2. The fourth-order valence-electron chi connectivity index (χ4n) is 3.00. The Morgan fingerprint density at radius 1 is 0.966 bits per heavy atom. The van der Waals surface area contributed by atoms with E-state index in [-0.39, 0.29) is 23.9 Å². The number of allylic oxidation sites excluding steroid dienone is 1. The third-order valence-electron chi connectivity index (χ3n) is 4.50. The van der Waals surface area contributed by atoms with Gasteiger partial charge in [-0.2, -0.15) is 0 Å². The Morgan fingerprint density at radius 3 is 2.59 bits per heavy atom. The van der Waals surface area contributed by atoms with Gasteiger partial charge in [0.1, 0.15) is 17.2 Å². The number of benzene rings is 3. The predicted molar refractivity (Wildman–Crippen MR) is 109 cm³/mol. The Bertz CT molecular complexity index is 1100. The minimum Gasteiger partial charge on any atom is -0.497 e. The summed E-state index contributed by atoms with van der Waals surface area (Å²) in [6, 6.07) is 21.2. The quantitative estimate of drug-likeness (QED) is 0.459. The van der Waals surface area contributed by atoms with Crippen LogP contribution < -0.4 is 14.2 Å². The summed E-state index contributed by atoms with van der Waals surface area (Å²) < 4.78 is 16.5. The van der Waals surface area contributed by atoms with Gasteiger partial charge in [-0.25, -0.2) is 0 Å². The zero-order valence-electron chi connectivity index (χ0n) is 15.8. The number of ketones is 2. The van der Waals surface area contributed by atoms with Gasteiger partial charge in [-0.05, 0) is 35.9 Å². The summed E-state index contributed by atoms with van der Waals surface area (Å²) in [5, 5.41) is 0. The van der Waals surface area contributed by atoms with Crippen LogP contribution in [0.15, 0.2) is 78.6 Å². The lowest BCUT2D eigenvalue weighted by atomic mass is 10.1. The average molecular weight is 386 g/mol. The predicted octanol–water partition coefficient (Wildman–Crippen LogP) is 4.57. The van der Waals surface area contributed by atoms with Gasteiger partial charge in [-0.3, -0.25) is 9.59 Å². The van der Waals surface area contributed by atoms with Gasteiger partial charge >= 0.3 is 0 Å². The monoisotopic (exact) mass is 386 g/mol. The molecule has 0 aliphatic carbocycles. The summed E-state index contributed by atoms with van der Waals surface area (Å²) >= 11 is 0. The molecule has 144 valence electrons. The first-order valence-corrected chi connectivity index (χ1v) is 9.07. The Labute approximate surface area is 168 Å². The molecule has 0 fully saturated rings. The van der Waals surface area contributed by atoms with Gasteiger partial charge in [0.25, 0.3) is 0 Å². The number of rotatable bonds is 6. The third kappa shape index (κ3) is 4.04.